The maximum atomic E-state index is 16.8. The molecule has 6 heterocycles. The van der Waals surface area contributed by atoms with Crippen molar-refractivity contribution in [1.29, 1.82) is 5.26 Å². The first-order valence-corrected chi connectivity index (χ1v) is 31.0. The number of aliphatic hydroxyl groups excluding tert-OH is 1. The molecule has 23 nitrogen and oxygen atoms in total. The van der Waals surface area contributed by atoms with Crippen LogP contribution in [0.1, 0.15) is 84.6 Å². The summed E-state index contributed by atoms with van der Waals surface area (Å²) in [5.74, 6) is -1.50. The molecule has 10 atom stereocenters. The lowest BCUT2D eigenvalue weighted by atomic mass is 10.1. The van der Waals surface area contributed by atoms with Gasteiger partial charge >= 0.3 is 32.1 Å². The Morgan fingerprint density at radius 2 is 1.66 bits per heavy atom. The number of nitriles is 1. The standard InChI is InChI=1S/C43H57F2N9O14P2SSi2/c1-23(2)72(60,24(3)4)68-73(25(5)6,26(7)8)67-35-29(18-55)63-43(53-17-28(44)31-38(53)48-21-50-41(31)57)36(35)66-70(71,61-16-12-15-46)62-19-30-34(65-69(58)59)32(45)42(64-30)54-22-51-33-37(47-20-49-39(33)54)52-40(56)27-13-10-9-11-14-27/h9-11,13-14,17,20-26,29-30,32,34-36,42-43,55,60H,12,16,18-19H2,1-8H3,(H2-,47,48,49,50,52,56,57,58,59)/p+1/t29-,30-,32-,34-,35-,36-,42-,43-,70?/m1/s1. The number of anilines is 1. The Balaban J connectivity index is 1.26. The fourth-order valence-corrected chi connectivity index (χ4v) is 21.4. The molecule has 73 heavy (non-hydrogen) atoms. The van der Waals surface area contributed by atoms with Gasteiger partial charge in [0.1, 0.15) is 36.1 Å². The zero-order valence-corrected chi connectivity index (χ0v) is 45.6. The number of hydrogen-bond donors (Lipinski definition) is 5. The maximum absolute atomic E-state index is 16.8. The minimum absolute atomic E-state index is 0.00417. The number of alkyl halides is 1. The summed E-state index contributed by atoms with van der Waals surface area (Å²) in [6.45, 7) is 8.78. The fraction of sp³-hybridized carbons (Fsp3) is 0.558. The van der Waals surface area contributed by atoms with Crippen LogP contribution >= 0.6 is 15.0 Å². The molecule has 1 amide bonds. The van der Waals surface area contributed by atoms with Crippen molar-refractivity contribution < 1.29 is 69.0 Å². The van der Waals surface area contributed by atoms with E-state index in [0.29, 0.717) is 5.56 Å². The second-order valence-corrected chi connectivity index (χ2v) is 30.8. The molecule has 5 aromatic rings. The maximum Gasteiger partial charge on any atom is 0.695 e. The number of halogens is 2. The van der Waals surface area contributed by atoms with Crippen molar-refractivity contribution in [2.24, 2.45) is 0 Å². The Bertz CT molecular complexity index is 2900. The van der Waals surface area contributed by atoms with Crippen LogP contribution in [0.15, 0.2) is 60.3 Å². The van der Waals surface area contributed by atoms with Gasteiger partial charge in [0.15, 0.2) is 53.2 Å². The van der Waals surface area contributed by atoms with Gasteiger partial charge in [-0.2, -0.15) is 5.26 Å². The van der Waals surface area contributed by atoms with E-state index in [1.165, 1.54) is 15.5 Å². The average molecular weight is 1110 g/mol. The number of nitrogens with zero attached hydrogens (tertiary/aromatic N) is 7. The van der Waals surface area contributed by atoms with E-state index < -0.39 is 117 Å². The molecule has 0 radical (unpaired) electrons. The number of nitrogens with one attached hydrogen (secondary N) is 2. The van der Waals surface area contributed by atoms with Gasteiger partial charge in [0, 0.05) is 16.3 Å². The van der Waals surface area contributed by atoms with Gasteiger partial charge in [-0.05, 0) is 46.1 Å². The highest BCUT2D eigenvalue weighted by molar-refractivity contribution is 8.07. The number of amides is 1. The molecule has 0 saturated carbocycles. The van der Waals surface area contributed by atoms with Crippen LogP contribution in [0.3, 0.4) is 0 Å². The SMILES string of the molecule is CC(C)[Si](O)(O[Si](O[C@H]1[C@@H](OP(=S)(OCCC#N)OC[C@H]2O[C@@H](n3cnc4c(NC(=O)c5ccccc5)ncnc43)[C@H](F)[C@@H]2O[P+](=O)O)[C@H](n2cc(F)c3c(=O)[nH]cnc32)O[C@@H]1CO)(C(C)C)C(C)C)C(C)C. The molecule has 396 valence electrons. The Labute approximate surface area is 426 Å². The first-order valence-electron chi connectivity index (χ1n) is 23.3. The third kappa shape index (κ3) is 11.6. The van der Waals surface area contributed by atoms with Crippen LogP contribution in [-0.4, -0.2) is 128 Å². The van der Waals surface area contributed by atoms with E-state index in [0.717, 1.165) is 18.9 Å². The van der Waals surface area contributed by atoms with E-state index >= 15 is 8.78 Å². The van der Waals surface area contributed by atoms with Gasteiger partial charge in [0.05, 0.1) is 45.0 Å². The molecule has 30 heteroatoms. The van der Waals surface area contributed by atoms with Crippen molar-refractivity contribution in [3.8, 4) is 6.07 Å². The molecule has 2 unspecified atom stereocenters. The van der Waals surface area contributed by atoms with Gasteiger partial charge in [-0.15, -0.1) is 9.42 Å². The van der Waals surface area contributed by atoms with Crippen LogP contribution in [0, 0.1) is 17.1 Å². The van der Waals surface area contributed by atoms with E-state index in [2.05, 4.69) is 30.2 Å². The number of H-pyrrole nitrogens is 1. The Kier molecular flexibility index (Phi) is 18.1. The predicted octanol–water partition coefficient (Wildman–Crippen LogP) is 6.59. The van der Waals surface area contributed by atoms with Crippen LogP contribution in [0.25, 0.3) is 22.2 Å². The minimum Gasteiger partial charge on any atom is -0.414 e. The molecule has 2 fully saturated rings. The minimum atomic E-state index is -4.37. The predicted molar refractivity (Wildman–Crippen MR) is 266 cm³/mol. The number of imidazole rings is 1. The third-order valence-electron chi connectivity index (χ3n) is 12.7. The number of carbonyl (C=O) groups is 1. The molecule has 2 saturated heterocycles. The molecule has 4 aromatic heterocycles. The molecular weight excluding hydrogens is 1050 g/mol. The lowest BCUT2D eigenvalue weighted by Crippen LogP contribution is -2.62. The molecule has 0 bridgehead atoms. The molecule has 0 spiro atoms. The smallest absolute Gasteiger partial charge is 0.414 e. The van der Waals surface area contributed by atoms with Gasteiger partial charge in [-0.3, -0.25) is 18.7 Å². The highest BCUT2D eigenvalue weighted by Crippen LogP contribution is 2.57. The zero-order valence-electron chi connectivity index (χ0n) is 41.0. The van der Waals surface area contributed by atoms with Gasteiger partial charge < -0.3 is 51.8 Å². The van der Waals surface area contributed by atoms with Gasteiger partial charge in [0.2, 0.25) is 0 Å². The largest absolute Gasteiger partial charge is 0.695 e. The second kappa shape index (κ2) is 23.3. The number of ether oxygens (including phenoxy) is 2. The number of rotatable bonds is 23. The summed E-state index contributed by atoms with van der Waals surface area (Å²) < 4.78 is 98.2. The van der Waals surface area contributed by atoms with Crippen LogP contribution in [0.5, 0.6) is 0 Å². The summed E-state index contributed by atoms with van der Waals surface area (Å²) in [5.41, 5.74) is -1.95. The van der Waals surface area contributed by atoms with Crippen LogP contribution in [-0.2, 0) is 52.5 Å². The summed E-state index contributed by atoms with van der Waals surface area (Å²) in [6.07, 6.45) is -8.87. The molecule has 2 aliphatic rings. The quantitative estimate of drug-likeness (QED) is 0.0262. The van der Waals surface area contributed by atoms with Crippen LogP contribution in [0.2, 0.25) is 22.2 Å². The average Bonchev–Trinajstić information content (AvgIpc) is 4.10. The summed E-state index contributed by atoms with van der Waals surface area (Å²) in [7, 11) is -10.8. The van der Waals surface area contributed by atoms with E-state index in [1.807, 2.05) is 61.5 Å². The first kappa shape index (κ1) is 56.5. The van der Waals surface area contributed by atoms with Crippen molar-refractivity contribution in [3.05, 3.63) is 77.2 Å². The van der Waals surface area contributed by atoms with Crippen molar-refractivity contribution in [1.82, 2.24) is 34.1 Å². The lowest BCUT2D eigenvalue weighted by Gasteiger charge is -2.47. The Morgan fingerprint density at radius 3 is 2.29 bits per heavy atom. The van der Waals surface area contributed by atoms with Crippen LogP contribution < -0.4 is 10.9 Å². The Morgan fingerprint density at radius 1 is 0.973 bits per heavy atom. The Hall–Kier alpha value is -4.25. The summed E-state index contributed by atoms with van der Waals surface area (Å²) in [4.78, 5) is 67.5. The number of aromatic amines is 1. The number of fused-ring (bicyclic) bond motifs is 2. The fourth-order valence-electron chi connectivity index (χ4n) is 8.94. The van der Waals surface area contributed by atoms with E-state index in [9.17, 15) is 34.2 Å². The number of aromatic nitrogens is 7. The number of aliphatic hydroxyl groups is 1. The molecule has 7 rings (SSSR count). The molecular formula is C43H58F2N9O14P2SSi2+. The van der Waals surface area contributed by atoms with Crippen molar-refractivity contribution >= 4 is 77.8 Å². The van der Waals surface area contributed by atoms with Crippen molar-refractivity contribution in [2.45, 2.75) is 133 Å². The van der Waals surface area contributed by atoms with Gasteiger partial charge in [-0.1, -0.05) is 73.6 Å². The van der Waals surface area contributed by atoms with E-state index in [4.69, 9.17) is 47.9 Å². The first-order chi connectivity index (χ1) is 34.6. The normalized spacial score (nSPS) is 23.8. The summed E-state index contributed by atoms with van der Waals surface area (Å²) in [6, 6.07) is 10.2. The van der Waals surface area contributed by atoms with Crippen molar-refractivity contribution in [3.63, 3.8) is 0 Å². The molecule has 2 aliphatic heterocycles. The number of carbonyl (C=O) groups excluding carboxylic acids is 1. The van der Waals surface area contributed by atoms with E-state index in [-0.39, 0.29) is 57.8 Å². The highest BCUT2D eigenvalue weighted by atomic mass is 32.5. The summed E-state index contributed by atoms with van der Waals surface area (Å²) in [5, 5.41) is 22.8. The monoisotopic (exact) mass is 1110 g/mol. The molecule has 0 aliphatic carbocycles. The van der Waals surface area contributed by atoms with Crippen molar-refractivity contribution in [2.75, 3.05) is 25.1 Å². The molecule has 5 N–H and O–H groups in total. The second-order valence-electron chi connectivity index (χ2n) is 18.6. The highest BCUT2D eigenvalue weighted by Gasteiger charge is 2.60. The number of benzene rings is 1. The number of hydrogen-bond acceptors (Lipinski definition) is 19. The topological polar surface area (TPSA) is 299 Å². The van der Waals surface area contributed by atoms with E-state index in [1.54, 1.807) is 30.3 Å². The summed E-state index contributed by atoms with van der Waals surface area (Å²) >= 11 is 6.04. The van der Waals surface area contributed by atoms with Crippen LogP contribution in [0.4, 0.5) is 14.6 Å². The lowest BCUT2D eigenvalue weighted by molar-refractivity contribution is -0.0560. The third-order valence-corrected chi connectivity index (χ3v) is 25.2. The zero-order chi connectivity index (χ0) is 53.2. The van der Waals surface area contributed by atoms with Gasteiger partial charge in [-0.25, -0.2) is 28.7 Å². The van der Waals surface area contributed by atoms with Gasteiger partial charge in [0.25, 0.3) is 11.5 Å². The molecule has 1 aromatic carbocycles.